The molecule has 1 aliphatic heterocycles. The molecule has 3 aromatic rings. The van der Waals surface area contributed by atoms with Gasteiger partial charge in [-0.05, 0) is 19.2 Å². The lowest BCUT2D eigenvalue weighted by molar-refractivity contribution is 0.100. The highest BCUT2D eigenvalue weighted by atomic mass is 32.2. The monoisotopic (exact) mass is 417 g/mol. The normalized spacial score (nSPS) is 19.8. The molecule has 1 fully saturated rings. The molecule has 0 unspecified atom stereocenters. The Balaban J connectivity index is 1.76. The molecular weight excluding hydrogens is 393 g/mol. The number of aromatic nitrogens is 4. The Labute approximate surface area is 172 Å². The summed E-state index contributed by atoms with van der Waals surface area (Å²) in [5.74, 6) is -0.728. The van der Waals surface area contributed by atoms with Gasteiger partial charge in [-0.2, -0.15) is 10.2 Å². The summed E-state index contributed by atoms with van der Waals surface area (Å²) in [5.41, 5.74) is 9.11. The average molecular weight is 418 g/mol. The Kier molecular flexibility index (Phi) is 5.46. The fraction of sp³-hybridized carbons (Fsp3) is 0.421. The first-order chi connectivity index (χ1) is 14.0. The summed E-state index contributed by atoms with van der Waals surface area (Å²) >= 11 is 1.59. The van der Waals surface area contributed by atoms with Crippen molar-refractivity contribution in [2.45, 2.75) is 19.5 Å². The van der Waals surface area contributed by atoms with E-state index in [1.54, 1.807) is 22.7 Å². The maximum absolute atomic E-state index is 13.6. The van der Waals surface area contributed by atoms with E-state index in [1.807, 2.05) is 36.3 Å². The number of nitrogens with zero attached hydrogens (tertiary/aromatic N) is 5. The summed E-state index contributed by atoms with van der Waals surface area (Å²) < 4.78 is 19.3. The minimum absolute atomic E-state index is 0.127. The number of aryl methyl sites for hydroxylation is 1. The van der Waals surface area contributed by atoms with Crippen molar-refractivity contribution in [1.82, 2.24) is 23.7 Å². The van der Waals surface area contributed by atoms with Gasteiger partial charge in [0.05, 0.1) is 35.8 Å². The first-order valence-corrected chi connectivity index (χ1v) is 10.7. The van der Waals surface area contributed by atoms with E-state index in [0.717, 1.165) is 23.2 Å². The van der Waals surface area contributed by atoms with Gasteiger partial charge < -0.3 is 11.1 Å². The maximum Gasteiger partial charge on any atom is 0.252 e. The highest BCUT2D eigenvalue weighted by Crippen LogP contribution is 2.32. The van der Waals surface area contributed by atoms with Crippen LogP contribution in [0.5, 0.6) is 0 Å². The minimum Gasteiger partial charge on any atom is -0.378 e. The molecule has 10 heteroatoms. The summed E-state index contributed by atoms with van der Waals surface area (Å²) in [6.45, 7) is 3.72. The molecule has 1 amide bonds. The molecule has 0 aliphatic carbocycles. The molecule has 1 aliphatic rings. The van der Waals surface area contributed by atoms with Crippen LogP contribution in [-0.4, -0.2) is 61.7 Å². The van der Waals surface area contributed by atoms with Gasteiger partial charge in [0.2, 0.25) is 0 Å². The number of carbonyl (C=O) groups excluding carboxylic acids is 1. The number of nitrogens with two attached hydrogens (primary N) is 1. The van der Waals surface area contributed by atoms with Crippen LogP contribution in [0.25, 0.3) is 16.6 Å². The summed E-state index contributed by atoms with van der Waals surface area (Å²) in [5, 5.41) is 12.1. The molecule has 8 nitrogen and oxygen atoms in total. The van der Waals surface area contributed by atoms with Gasteiger partial charge in [0.1, 0.15) is 0 Å². The average Bonchev–Trinajstić information content (AvgIpc) is 3.44. The molecule has 0 radical (unpaired) electrons. The van der Waals surface area contributed by atoms with Gasteiger partial charge in [0, 0.05) is 55.1 Å². The molecule has 3 aromatic heterocycles. The highest BCUT2D eigenvalue weighted by Gasteiger charge is 2.33. The Bertz CT molecular complexity index is 1030. The van der Waals surface area contributed by atoms with E-state index >= 15 is 0 Å². The van der Waals surface area contributed by atoms with E-state index in [0.29, 0.717) is 24.3 Å². The molecule has 0 aromatic carbocycles. The van der Waals surface area contributed by atoms with Crippen molar-refractivity contribution in [1.29, 1.82) is 0 Å². The van der Waals surface area contributed by atoms with E-state index in [4.69, 9.17) is 5.73 Å². The molecule has 1 saturated heterocycles. The molecule has 29 heavy (non-hydrogen) atoms. The number of fused-ring (bicyclic) bond motifs is 1. The highest BCUT2D eigenvalue weighted by molar-refractivity contribution is 7.96. The molecule has 0 spiro atoms. The Morgan fingerprint density at radius 1 is 1.31 bits per heavy atom. The van der Waals surface area contributed by atoms with Gasteiger partial charge >= 0.3 is 0 Å². The van der Waals surface area contributed by atoms with Crippen molar-refractivity contribution in [3.8, 4) is 11.1 Å². The number of anilines is 1. The van der Waals surface area contributed by atoms with E-state index in [9.17, 15) is 9.18 Å². The number of nitrogens with one attached hydrogen (secondary N) is 1. The van der Waals surface area contributed by atoms with Crippen molar-refractivity contribution in [3.05, 3.63) is 36.4 Å². The fourth-order valence-corrected chi connectivity index (χ4v) is 4.37. The van der Waals surface area contributed by atoms with Gasteiger partial charge in [-0.1, -0.05) is 11.9 Å². The predicted octanol–water partition coefficient (Wildman–Crippen LogP) is 2.28. The number of rotatable bonds is 7. The van der Waals surface area contributed by atoms with Crippen LogP contribution in [0, 0.1) is 5.92 Å². The van der Waals surface area contributed by atoms with Crippen LogP contribution in [-0.2, 0) is 6.54 Å². The Morgan fingerprint density at radius 2 is 2.14 bits per heavy atom. The number of amides is 1. The zero-order chi connectivity index (χ0) is 20.5. The molecule has 4 rings (SSSR count). The predicted molar refractivity (Wildman–Crippen MR) is 113 cm³/mol. The summed E-state index contributed by atoms with van der Waals surface area (Å²) in [6, 6.07) is 1.82. The van der Waals surface area contributed by atoms with Gasteiger partial charge in [-0.15, -0.1) is 0 Å². The lowest BCUT2D eigenvalue weighted by Gasteiger charge is -2.21. The standard InChI is InChI=1S/C19H24FN7OS/c1-3-25-8-14(6-22-25)12-4-17-18(15(19(21)28)7-23-27(17)10-12)24-16-11-26(29-2)9-13(16)5-20/h4,6-8,10,13,16,24H,3,5,9,11H2,1-2H3,(H2,21,28)/t13-,16+/m0/s1. The van der Waals surface area contributed by atoms with Crippen LogP contribution >= 0.6 is 11.9 Å². The first-order valence-electron chi connectivity index (χ1n) is 9.49. The molecule has 0 bridgehead atoms. The molecule has 2 atom stereocenters. The number of carbonyl (C=O) groups is 1. The van der Waals surface area contributed by atoms with E-state index in [2.05, 4.69) is 19.8 Å². The fourth-order valence-electron chi connectivity index (χ4n) is 3.72. The van der Waals surface area contributed by atoms with Crippen LogP contribution in [0.3, 0.4) is 0 Å². The van der Waals surface area contributed by atoms with Crippen molar-refractivity contribution >= 4 is 29.1 Å². The van der Waals surface area contributed by atoms with E-state index < -0.39 is 12.6 Å². The topological polar surface area (TPSA) is 93.5 Å². The van der Waals surface area contributed by atoms with Gasteiger partial charge in [-0.3, -0.25) is 13.9 Å². The van der Waals surface area contributed by atoms with E-state index in [-0.39, 0.29) is 12.0 Å². The van der Waals surface area contributed by atoms with Gasteiger partial charge in [0.25, 0.3) is 5.91 Å². The maximum atomic E-state index is 13.6. The summed E-state index contributed by atoms with van der Waals surface area (Å²) in [4.78, 5) is 12.1. The van der Waals surface area contributed by atoms with Crippen molar-refractivity contribution < 1.29 is 9.18 Å². The second-order valence-corrected chi connectivity index (χ2v) is 8.02. The van der Waals surface area contributed by atoms with Gasteiger partial charge in [0.15, 0.2) is 0 Å². The minimum atomic E-state index is -0.569. The third-order valence-corrected chi connectivity index (χ3v) is 6.20. The van der Waals surface area contributed by atoms with Crippen molar-refractivity contribution in [3.63, 3.8) is 0 Å². The second-order valence-electron chi connectivity index (χ2n) is 7.14. The third-order valence-electron chi connectivity index (χ3n) is 5.39. The third kappa shape index (κ3) is 3.69. The smallest absolute Gasteiger partial charge is 0.252 e. The van der Waals surface area contributed by atoms with Gasteiger partial charge in [-0.25, -0.2) is 8.82 Å². The van der Waals surface area contributed by atoms with Crippen LogP contribution in [0.1, 0.15) is 17.3 Å². The lowest BCUT2D eigenvalue weighted by atomic mass is 10.0. The number of hydrogen-bond donors (Lipinski definition) is 2. The zero-order valence-electron chi connectivity index (χ0n) is 16.4. The molecule has 154 valence electrons. The summed E-state index contributed by atoms with van der Waals surface area (Å²) in [7, 11) is 0. The molecule has 3 N–H and O–H groups in total. The molecule has 0 saturated carbocycles. The molecule has 4 heterocycles. The van der Waals surface area contributed by atoms with Crippen LogP contribution in [0.15, 0.2) is 30.9 Å². The zero-order valence-corrected chi connectivity index (χ0v) is 17.2. The lowest BCUT2D eigenvalue weighted by Crippen LogP contribution is -2.31. The molecular formula is C19H24FN7OS. The Morgan fingerprint density at radius 3 is 2.79 bits per heavy atom. The van der Waals surface area contributed by atoms with Crippen LogP contribution < -0.4 is 11.1 Å². The Hall–Kier alpha value is -2.59. The number of halogens is 1. The number of hydrogen-bond acceptors (Lipinski definition) is 6. The second kappa shape index (κ2) is 8.03. The largest absolute Gasteiger partial charge is 0.378 e. The van der Waals surface area contributed by atoms with E-state index in [1.165, 1.54) is 6.20 Å². The SMILES string of the molecule is CCn1cc(-c2cc3c(N[C@@H]4CN(SC)C[C@@H]4CF)c(C(N)=O)cnn3c2)cn1. The summed E-state index contributed by atoms with van der Waals surface area (Å²) in [6.07, 6.45) is 9.09. The number of alkyl halides is 1. The van der Waals surface area contributed by atoms with Crippen LogP contribution in [0.4, 0.5) is 10.1 Å². The quantitative estimate of drug-likeness (QED) is 0.573. The number of primary amides is 1. The first kappa shape index (κ1) is 19.7. The van der Waals surface area contributed by atoms with Crippen molar-refractivity contribution in [2.24, 2.45) is 11.7 Å². The van der Waals surface area contributed by atoms with Crippen molar-refractivity contribution in [2.75, 3.05) is 31.3 Å². The van der Waals surface area contributed by atoms with Crippen LogP contribution in [0.2, 0.25) is 0 Å².